The first-order valence-electron chi connectivity index (χ1n) is 17.5. The number of benzene rings is 3. The summed E-state index contributed by atoms with van der Waals surface area (Å²) in [4.78, 5) is 45.1. The van der Waals surface area contributed by atoms with Gasteiger partial charge in [-0.15, -0.1) is 0 Å². The van der Waals surface area contributed by atoms with Crippen molar-refractivity contribution in [3.63, 3.8) is 0 Å². The summed E-state index contributed by atoms with van der Waals surface area (Å²) in [6.45, 7) is 6.34. The Kier molecular flexibility index (Phi) is 9.53. The number of carbonyl (C=O) groups is 3. The molecule has 0 unspecified atom stereocenters. The number of carbonyl (C=O) groups excluding carboxylic acids is 3. The van der Waals surface area contributed by atoms with E-state index in [1.807, 2.05) is 73.7 Å². The Morgan fingerprint density at radius 3 is 2.62 bits per heavy atom. The van der Waals surface area contributed by atoms with E-state index in [0.29, 0.717) is 29.9 Å². The Bertz CT molecular complexity index is 1820. The van der Waals surface area contributed by atoms with Crippen LogP contribution in [-0.4, -0.2) is 67.5 Å². The van der Waals surface area contributed by atoms with Gasteiger partial charge in [-0.2, -0.15) is 0 Å². The molecule has 12 heteroatoms. The average molecular weight is 764 g/mol. The fourth-order valence-electron chi connectivity index (χ4n) is 8.78. The van der Waals surface area contributed by atoms with Gasteiger partial charge in [-0.1, -0.05) is 59.3 Å². The van der Waals surface area contributed by atoms with Gasteiger partial charge in [-0.05, 0) is 85.9 Å². The number of nitrogens with zero attached hydrogens (tertiary/aromatic N) is 2. The molecule has 0 aromatic heterocycles. The minimum atomic E-state index is -3.51. The van der Waals surface area contributed by atoms with Gasteiger partial charge in [0, 0.05) is 33.7 Å². The van der Waals surface area contributed by atoms with Crippen molar-refractivity contribution < 1.29 is 28.3 Å². The maximum atomic E-state index is 16.5. The van der Waals surface area contributed by atoms with Crippen LogP contribution in [0.15, 0.2) is 71.2 Å². The van der Waals surface area contributed by atoms with Crippen LogP contribution in [0.1, 0.15) is 48.4 Å². The number of halogens is 2. The third kappa shape index (κ3) is 6.23. The summed E-state index contributed by atoms with van der Waals surface area (Å²) in [5.74, 6) is -1.15. The average Bonchev–Trinajstić information content (AvgIpc) is 3.78. The van der Waals surface area contributed by atoms with Crippen molar-refractivity contribution in [3.05, 3.63) is 93.5 Å². The SMILES string of the molecule is C[C@@H]1[C@@H]([Si](C)(C)F)[C@H](CC(=O)N2Cc3ccccc3C[C@H]2CO)O[C@@]12C(=O)N(Cc1cccc(NC(=O)[C@H]3CCCN3)c1)c1ccc(Br)cc12. The molecule has 4 aliphatic heterocycles. The molecule has 264 valence electrons. The molecule has 7 rings (SSSR count). The molecule has 2 fully saturated rings. The Balaban J connectivity index is 1.18. The van der Waals surface area contributed by atoms with Crippen molar-refractivity contribution in [2.75, 3.05) is 23.4 Å². The first kappa shape index (κ1) is 35.0. The van der Waals surface area contributed by atoms with Gasteiger partial charge in [0.2, 0.25) is 20.2 Å². The molecule has 3 aromatic rings. The minimum Gasteiger partial charge on any atom is -0.394 e. The molecular formula is C38H44BrFN4O5Si. The quantitative estimate of drug-likeness (QED) is 0.198. The number of hydrogen-bond acceptors (Lipinski definition) is 6. The van der Waals surface area contributed by atoms with E-state index in [9.17, 15) is 19.5 Å². The highest BCUT2D eigenvalue weighted by molar-refractivity contribution is 9.10. The van der Waals surface area contributed by atoms with Crippen molar-refractivity contribution in [2.45, 2.75) is 88.1 Å². The van der Waals surface area contributed by atoms with Gasteiger partial charge in [0.05, 0.1) is 43.4 Å². The molecule has 0 saturated carbocycles. The standard InChI is InChI=1S/C38H44BrFN4O5Si/c1-23-35(50(2,3)40)33(19-34(46)43-21-26-10-5-4-9-25(26)17-29(43)22-45)49-38(23)30-18-27(39)13-14-32(30)44(37(38)48)20-24-8-6-11-28(16-24)42-36(47)31-12-7-15-41-31/h4-6,8-11,13-14,16,18,23,29,31,33,35,41,45H,7,12,15,17,19-22H2,1-3H3,(H,42,47)/t23-,29+,31-,33+,35-,38+/m1/s1. The molecule has 3 amide bonds. The molecule has 0 radical (unpaired) electrons. The molecule has 6 atom stereocenters. The van der Waals surface area contributed by atoms with Gasteiger partial charge < -0.3 is 34.4 Å². The summed E-state index contributed by atoms with van der Waals surface area (Å²) in [5, 5.41) is 16.5. The van der Waals surface area contributed by atoms with Crippen molar-refractivity contribution in [1.82, 2.24) is 10.2 Å². The van der Waals surface area contributed by atoms with Crippen LogP contribution in [0.25, 0.3) is 0 Å². The van der Waals surface area contributed by atoms with E-state index in [0.717, 1.165) is 40.5 Å². The number of rotatable bonds is 8. The van der Waals surface area contributed by atoms with Crippen molar-refractivity contribution in [3.8, 4) is 0 Å². The Morgan fingerprint density at radius 2 is 1.90 bits per heavy atom. The minimum absolute atomic E-state index is 0.0806. The number of aliphatic hydroxyl groups is 1. The lowest BCUT2D eigenvalue weighted by atomic mass is 9.82. The second-order valence-corrected chi connectivity index (χ2v) is 19.4. The number of anilines is 2. The number of ether oxygens (including phenoxy) is 1. The van der Waals surface area contributed by atoms with Crippen LogP contribution in [0, 0.1) is 5.92 Å². The van der Waals surface area contributed by atoms with Gasteiger partial charge in [0.1, 0.15) is 0 Å². The predicted octanol–water partition coefficient (Wildman–Crippen LogP) is 5.80. The second-order valence-electron chi connectivity index (χ2n) is 14.7. The normalized spacial score (nSPS) is 27.5. The number of nitrogens with one attached hydrogen (secondary N) is 2. The fraction of sp³-hybridized carbons (Fsp3) is 0.447. The second kappa shape index (κ2) is 13.6. The van der Waals surface area contributed by atoms with Gasteiger partial charge in [-0.3, -0.25) is 14.4 Å². The van der Waals surface area contributed by atoms with Crippen LogP contribution in [0.2, 0.25) is 18.6 Å². The highest BCUT2D eigenvalue weighted by Gasteiger charge is 2.67. The number of fused-ring (bicyclic) bond motifs is 3. The van der Waals surface area contributed by atoms with Crippen molar-refractivity contribution in [1.29, 1.82) is 0 Å². The molecule has 0 bridgehead atoms. The maximum absolute atomic E-state index is 16.5. The summed E-state index contributed by atoms with van der Waals surface area (Å²) >= 11 is 3.59. The van der Waals surface area contributed by atoms with Crippen LogP contribution in [-0.2, 0) is 44.2 Å². The molecule has 50 heavy (non-hydrogen) atoms. The van der Waals surface area contributed by atoms with Crippen LogP contribution in [0.4, 0.5) is 15.5 Å². The van der Waals surface area contributed by atoms with E-state index in [4.69, 9.17) is 4.74 Å². The lowest BCUT2D eigenvalue weighted by Gasteiger charge is -2.37. The molecule has 1 spiro atoms. The van der Waals surface area contributed by atoms with Crippen LogP contribution in [0.3, 0.4) is 0 Å². The number of hydrogen-bond donors (Lipinski definition) is 3. The molecule has 3 N–H and O–H groups in total. The smallest absolute Gasteiger partial charge is 0.264 e. The maximum Gasteiger partial charge on any atom is 0.264 e. The lowest BCUT2D eigenvalue weighted by Crippen LogP contribution is -2.48. The zero-order valence-corrected chi connectivity index (χ0v) is 31.2. The summed E-state index contributed by atoms with van der Waals surface area (Å²) in [5.41, 5.74) is 2.79. The third-order valence-corrected chi connectivity index (χ3v) is 14.0. The van der Waals surface area contributed by atoms with Gasteiger partial charge in [-0.25, -0.2) is 0 Å². The highest BCUT2D eigenvalue weighted by atomic mass is 79.9. The molecule has 4 heterocycles. The van der Waals surface area contributed by atoms with Crippen molar-refractivity contribution >= 4 is 53.4 Å². The zero-order valence-electron chi connectivity index (χ0n) is 28.6. The first-order chi connectivity index (χ1) is 23.9. The van der Waals surface area contributed by atoms with E-state index in [2.05, 4.69) is 26.6 Å². The third-order valence-electron chi connectivity index (χ3n) is 11.1. The number of amides is 3. The van der Waals surface area contributed by atoms with Gasteiger partial charge >= 0.3 is 0 Å². The van der Waals surface area contributed by atoms with E-state index >= 15 is 4.11 Å². The molecule has 9 nitrogen and oxygen atoms in total. The zero-order chi connectivity index (χ0) is 35.4. The predicted molar refractivity (Wildman–Crippen MR) is 196 cm³/mol. The molecule has 4 aliphatic rings. The lowest BCUT2D eigenvalue weighted by molar-refractivity contribution is -0.151. The van der Waals surface area contributed by atoms with Crippen LogP contribution < -0.4 is 15.5 Å². The van der Waals surface area contributed by atoms with Crippen molar-refractivity contribution in [2.24, 2.45) is 5.92 Å². The highest BCUT2D eigenvalue weighted by Crippen LogP contribution is 2.60. The summed E-state index contributed by atoms with van der Waals surface area (Å²) in [6, 6.07) is 20.4. The van der Waals surface area contributed by atoms with E-state index < -0.39 is 37.6 Å². The van der Waals surface area contributed by atoms with Gasteiger partial charge in [0.15, 0.2) is 5.60 Å². The van der Waals surface area contributed by atoms with Crippen LogP contribution >= 0.6 is 15.9 Å². The fourth-order valence-corrected chi connectivity index (χ4v) is 11.6. The Morgan fingerprint density at radius 1 is 1.12 bits per heavy atom. The molecular weight excluding hydrogens is 719 g/mol. The van der Waals surface area contributed by atoms with E-state index in [1.54, 1.807) is 22.9 Å². The topological polar surface area (TPSA) is 111 Å². The first-order valence-corrected chi connectivity index (χ1v) is 21.2. The molecule has 0 aliphatic carbocycles. The Labute approximate surface area is 301 Å². The monoisotopic (exact) mass is 762 g/mol. The summed E-state index contributed by atoms with van der Waals surface area (Å²) in [7, 11) is -3.51. The van der Waals surface area contributed by atoms with Crippen LogP contribution in [0.5, 0.6) is 0 Å². The van der Waals surface area contributed by atoms with Gasteiger partial charge in [0.25, 0.3) is 5.91 Å². The molecule has 3 aromatic carbocycles. The Hall–Kier alpha value is -3.42. The van der Waals surface area contributed by atoms with E-state index in [-0.39, 0.29) is 43.3 Å². The summed E-state index contributed by atoms with van der Waals surface area (Å²) < 4.78 is 24.1. The largest absolute Gasteiger partial charge is 0.394 e. The number of aliphatic hydroxyl groups excluding tert-OH is 1. The molecule has 2 saturated heterocycles. The van der Waals surface area contributed by atoms with E-state index in [1.165, 1.54) is 0 Å². The summed E-state index contributed by atoms with van der Waals surface area (Å²) in [6.07, 6.45) is 1.36.